The molecule has 1 rings (SSSR count). The highest BCUT2D eigenvalue weighted by molar-refractivity contribution is 6.31. The Hall–Kier alpha value is -1.48. The van der Waals surface area contributed by atoms with Gasteiger partial charge in [0.15, 0.2) is 0 Å². The van der Waals surface area contributed by atoms with Crippen LogP contribution < -0.4 is 4.74 Å². The highest BCUT2D eigenvalue weighted by Gasteiger charge is 2.04. The van der Waals surface area contributed by atoms with Gasteiger partial charge in [-0.15, -0.1) is 0 Å². The molecular formula is C12H13ClO3. The lowest BCUT2D eigenvalue weighted by atomic mass is 10.1. The van der Waals surface area contributed by atoms with Crippen molar-refractivity contribution in [2.24, 2.45) is 0 Å². The molecule has 1 aromatic carbocycles. The first kappa shape index (κ1) is 12.6. The van der Waals surface area contributed by atoms with Crippen molar-refractivity contribution in [2.45, 2.75) is 13.3 Å². The number of aliphatic carboxylic acids is 1. The molecule has 0 aromatic heterocycles. The van der Waals surface area contributed by atoms with E-state index >= 15 is 0 Å². The van der Waals surface area contributed by atoms with Gasteiger partial charge in [0.1, 0.15) is 5.75 Å². The minimum Gasteiger partial charge on any atom is -0.496 e. The Labute approximate surface area is 99.3 Å². The number of ether oxygens (including phenoxy) is 1. The zero-order chi connectivity index (χ0) is 12.1. The van der Waals surface area contributed by atoms with Gasteiger partial charge in [0, 0.05) is 10.6 Å². The average Bonchev–Trinajstić information content (AvgIpc) is 2.22. The molecule has 0 saturated carbocycles. The van der Waals surface area contributed by atoms with Crippen LogP contribution in [-0.4, -0.2) is 18.2 Å². The summed E-state index contributed by atoms with van der Waals surface area (Å²) in [7, 11) is 1.57. The Balaban J connectivity index is 2.98. The van der Waals surface area contributed by atoms with Crippen LogP contribution in [0.25, 0.3) is 6.08 Å². The van der Waals surface area contributed by atoms with Crippen LogP contribution in [0.2, 0.25) is 5.02 Å². The fraction of sp³-hybridized carbons (Fsp3) is 0.250. The Morgan fingerprint density at radius 3 is 2.81 bits per heavy atom. The summed E-state index contributed by atoms with van der Waals surface area (Å²) in [6.45, 7) is 1.88. The third kappa shape index (κ3) is 3.28. The van der Waals surface area contributed by atoms with Crippen LogP contribution in [0, 0.1) is 6.92 Å². The zero-order valence-corrected chi connectivity index (χ0v) is 9.91. The minimum absolute atomic E-state index is 0.0192. The lowest BCUT2D eigenvalue weighted by molar-refractivity contribution is -0.135. The van der Waals surface area contributed by atoms with E-state index in [1.54, 1.807) is 25.3 Å². The Kier molecular flexibility index (Phi) is 4.38. The molecule has 0 aliphatic heterocycles. The van der Waals surface area contributed by atoms with Gasteiger partial charge in [0.25, 0.3) is 0 Å². The maximum Gasteiger partial charge on any atom is 0.307 e. The van der Waals surface area contributed by atoms with E-state index in [0.29, 0.717) is 10.8 Å². The quantitative estimate of drug-likeness (QED) is 0.880. The molecule has 1 aromatic rings. The summed E-state index contributed by atoms with van der Waals surface area (Å²) < 4.78 is 5.18. The molecule has 0 fully saturated rings. The number of halogens is 1. The highest BCUT2D eigenvalue weighted by Crippen LogP contribution is 2.27. The van der Waals surface area contributed by atoms with Gasteiger partial charge in [0.2, 0.25) is 0 Å². The van der Waals surface area contributed by atoms with Gasteiger partial charge in [-0.2, -0.15) is 0 Å². The van der Waals surface area contributed by atoms with Gasteiger partial charge in [-0.05, 0) is 24.6 Å². The summed E-state index contributed by atoms with van der Waals surface area (Å²) in [5.74, 6) is -0.183. The molecule has 0 spiro atoms. The van der Waals surface area contributed by atoms with Crippen molar-refractivity contribution in [1.82, 2.24) is 0 Å². The molecule has 0 atom stereocenters. The van der Waals surface area contributed by atoms with E-state index in [1.165, 1.54) is 0 Å². The smallest absolute Gasteiger partial charge is 0.307 e. The molecule has 0 amide bonds. The third-order valence-corrected chi connectivity index (χ3v) is 2.51. The second-order valence-electron chi connectivity index (χ2n) is 3.34. The van der Waals surface area contributed by atoms with Crippen LogP contribution in [0.1, 0.15) is 17.5 Å². The van der Waals surface area contributed by atoms with Crippen molar-refractivity contribution in [2.75, 3.05) is 7.11 Å². The number of methoxy groups -OCH3 is 1. The maximum atomic E-state index is 10.4. The fourth-order valence-corrected chi connectivity index (χ4v) is 1.44. The summed E-state index contributed by atoms with van der Waals surface area (Å²) in [6, 6.07) is 3.58. The standard InChI is InChI=1S/C12H13ClO3/c1-8-6-11(16-2)9(7-10(8)13)4-3-5-12(14)15/h3-4,6-7H,5H2,1-2H3,(H,14,15)/b4-3+. The minimum atomic E-state index is -0.867. The zero-order valence-electron chi connectivity index (χ0n) is 9.16. The van der Waals surface area contributed by atoms with E-state index in [2.05, 4.69) is 0 Å². The number of hydrogen-bond donors (Lipinski definition) is 1. The van der Waals surface area contributed by atoms with E-state index < -0.39 is 5.97 Å². The summed E-state index contributed by atoms with van der Waals surface area (Å²) in [6.07, 6.45) is 3.23. The van der Waals surface area contributed by atoms with Crippen molar-refractivity contribution in [1.29, 1.82) is 0 Å². The van der Waals surface area contributed by atoms with E-state index in [9.17, 15) is 4.79 Å². The topological polar surface area (TPSA) is 46.5 Å². The highest BCUT2D eigenvalue weighted by atomic mass is 35.5. The molecule has 16 heavy (non-hydrogen) atoms. The summed E-state index contributed by atoms with van der Waals surface area (Å²) in [5.41, 5.74) is 1.70. The van der Waals surface area contributed by atoms with Gasteiger partial charge < -0.3 is 9.84 Å². The van der Waals surface area contributed by atoms with Crippen LogP contribution in [0.4, 0.5) is 0 Å². The van der Waals surface area contributed by atoms with Crippen LogP contribution >= 0.6 is 11.6 Å². The SMILES string of the molecule is COc1cc(C)c(Cl)cc1/C=C/CC(=O)O. The summed E-state index contributed by atoms with van der Waals surface area (Å²) in [4.78, 5) is 10.4. The van der Waals surface area contributed by atoms with Crippen molar-refractivity contribution in [3.05, 3.63) is 34.4 Å². The van der Waals surface area contributed by atoms with Crippen molar-refractivity contribution < 1.29 is 14.6 Å². The molecule has 0 bridgehead atoms. The predicted octanol–water partition coefficient (Wildman–Crippen LogP) is 3.14. The van der Waals surface area contributed by atoms with Crippen molar-refractivity contribution in [3.8, 4) is 5.75 Å². The second kappa shape index (κ2) is 5.56. The Morgan fingerprint density at radius 1 is 1.56 bits per heavy atom. The lowest BCUT2D eigenvalue weighted by Crippen LogP contribution is -1.91. The molecule has 4 heteroatoms. The summed E-state index contributed by atoms with van der Waals surface area (Å²) in [5, 5.41) is 9.14. The average molecular weight is 241 g/mol. The van der Waals surface area contributed by atoms with Gasteiger partial charge in [0.05, 0.1) is 13.5 Å². The normalized spacial score (nSPS) is 10.7. The molecule has 0 aliphatic carbocycles. The van der Waals surface area contributed by atoms with E-state index in [-0.39, 0.29) is 6.42 Å². The molecule has 86 valence electrons. The van der Waals surface area contributed by atoms with Gasteiger partial charge in [-0.25, -0.2) is 0 Å². The maximum absolute atomic E-state index is 10.4. The van der Waals surface area contributed by atoms with Crippen LogP contribution in [0.3, 0.4) is 0 Å². The van der Waals surface area contributed by atoms with Crippen LogP contribution in [0.5, 0.6) is 5.75 Å². The van der Waals surface area contributed by atoms with E-state index in [4.69, 9.17) is 21.4 Å². The van der Waals surface area contributed by atoms with Gasteiger partial charge in [-0.3, -0.25) is 4.79 Å². The van der Waals surface area contributed by atoms with Crippen molar-refractivity contribution >= 4 is 23.6 Å². The van der Waals surface area contributed by atoms with Crippen LogP contribution in [-0.2, 0) is 4.79 Å². The number of carboxylic acids is 1. The molecule has 0 radical (unpaired) electrons. The molecule has 1 N–H and O–H groups in total. The van der Waals surface area contributed by atoms with Crippen molar-refractivity contribution in [3.63, 3.8) is 0 Å². The summed E-state index contributed by atoms with van der Waals surface area (Å²) >= 11 is 5.98. The number of aryl methyl sites for hydroxylation is 1. The Bertz CT molecular complexity index is 425. The number of carbonyl (C=O) groups is 1. The largest absolute Gasteiger partial charge is 0.496 e. The van der Waals surface area contributed by atoms with Crippen LogP contribution in [0.15, 0.2) is 18.2 Å². The first-order chi connectivity index (χ1) is 7.54. The number of hydrogen-bond acceptors (Lipinski definition) is 2. The number of rotatable bonds is 4. The monoisotopic (exact) mass is 240 g/mol. The first-order valence-corrected chi connectivity index (χ1v) is 5.15. The molecule has 0 aliphatic rings. The fourth-order valence-electron chi connectivity index (χ4n) is 1.26. The molecule has 3 nitrogen and oxygen atoms in total. The molecule has 0 heterocycles. The first-order valence-electron chi connectivity index (χ1n) is 4.77. The molecule has 0 saturated heterocycles. The van der Waals surface area contributed by atoms with Gasteiger partial charge in [-0.1, -0.05) is 23.8 Å². The third-order valence-electron chi connectivity index (χ3n) is 2.10. The van der Waals surface area contributed by atoms with Gasteiger partial charge >= 0.3 is 5.97 Å². The number of benzene rings is 1. The molecule has 0 unspecified atom stereocenters. The van der Waals surface area contributed by atoms with E-state index in [1.807, 2.05) is 13.0 Å². The second-order valence-corrected chi connectivity index (χ2v) is 3.75. The lowest BCUT2D eigenvalue weighted by Gasteiger charge is -2.07. The van der Waals surface area contributed by atoms with E-state index in [0.717, 1.165) is 11.1 Å². The molecular weight excluding hydrogens is 228 g/mol. The Morgan fingerprint density at radius 2 is 2.25 bits per heavy atom. The predicted molar refractivity (Wildman–Crippen MR) is 64.0 cm³/mol. The number of carboxylic acid groups (broad SMARTS) is 1.